The van der Waals surface area contributed by atoms with E-state index in [0.717, 1.165) is 5.69 Å². The van der Waals surface area contributed by atoms with Gasteiger partial charge in [0, 0.05) is 18.8 Å². The lowest BCUT2D eigenvalue weighted by Crippen LogP contribution is -2.59. The van der Waals surface area contributed by atoms with E-state index < -0.39 is 12.0 Å². The lowest BCUT2D eigenvalue weighted by Gasteiger charge is -2.37. The molecule has 1 aromatic rings. The van der Waals surface area contributed by atoms with Gasteiger partial charge in [-0.2, -0.15) is 0 Å². The fourth-order valence-electron chi connectivity index (χ4n) is 2.16. The SMILES string of the molecule is CC1CNC(CC(=O)O)C(=O)N1Cc1ccccn1. The van der Waals surface area contributed by atoms with Crippen LogP contribution >= 0.6 is 0 Å². The van der Waals surface area contributed by atoms with Crippen LogP contribution in [0.5, 0.6) is 0 Å². The van der Waals surface area contributed by atoms with Gasteiger partial charge in [-0.1, -0.05) is 6.07 Å². The van der Waals surface area contributed by atoms with E-state index >= 15 is 0 Å². The van der Waals surface area contributed by atoms with Gasteiger partial charge in [0.25, 0.3) is 0 Å². The molecule has 2 atom stereocenters. The number of carboxylic acid groups (broad SMARTS) is 1. The molecule has 2 unspecified atom stereocenters. The molecule has 1 aromatic heterocycles. The predicted molar refractivity (Wildman–Crippen MR) is 68.3 cm³/mol. The maximum atomic E-state index is 12.2. The van der Waals surface area contributed by atoms with Crippen LogP contribution in [0, 0.1) is 0 Å². The van der Waals surface area contributed by atoms with Crippen LogP contribution < -0.4 is 5.32 Å². The molecule has 1 aliphatic rings. The first kappa shape index (κ1) is 13.5. The molecule has 0 aromatic carbocycles. The lowest BCUT2D eigenvalue weighted by atomic mass is 10.1. The number of nitrogens with one attached hydrogen (secondary N) is 1. The van der Waals surface area contributed by atoms with Crippen LogP contribution in [0.3, 0.4) is 0 Å². The highest BCUT2D eigenvalue weighted by Gasteiger charge is 2.34. The number of carbonyl (C=O) groups excluding carboxylic acids is 1. The number of hydrogen-bond acceptors (Lipinski definition) is 4. The fraction of sp³-hybridized carbons (Fsp3) is 0.462. The largest absolute Gasteiger partial charge is 0.481 e. The Morgan fingerprint density at radius 2 is 2.37 bits per heavy atom. The molecule has 2 heterocycles. The van der Waals surface area contributed by atoms with Crippen LogP contribution in [-0.4, -0.2) is 45.5 Å². The quantitative estimate of drug-likeness (QED) is 0.813. The number of carboxylic acids is 1. The highest BCUT2D eigenvalue weighted by atomic mass is 16.4. The summed E-state index contributed by atoms with van der Waals surface area (Å²) in [7, 11) is 0. The first-order valence-corrected chi connectivity index (χ1v) is 6.23. The Bertz CT molecular complexity index is 463. The van der Waals surface area contributed by atoms with E-state index in [2.05, 4.69) is 10.3 Å². The van der Waals surface area contributed by atoms with Gasteiger partial charge in [0.15, 0.2) is 0 Å². The first-order valence-electron chi connectivity index (χ1n) is 6.23. The van der Waals surface area contributed by atoms with Crippen molar-refractivity contribution in [3.05, 3.63) is 30.1 Å². The Labute approximate surface area is 111 Å². The summed E-state index contributed by atoms with van der Waals surface area (Å²) in [6.07, 6.45) is 1.49. The molecule has 1 saturated heterocycles. The minimum Gasteiger partial charge on any atom is -0.481 e. The second kappa shape index (κ2) is 5.79. The van der Waals surface area contributed by atoms with Crippen LogP contribution in [0.2, 0.25) is 0 Å². The van der Waals surface area contributed by atoms with Gasteiger partial charge in [0.2, 0.25) is 5.91 Å². The minimum atomic E-state index is -0.974. The Balaban J connectivity index is 2.08. The van der Waals surface area contributed by atoms with Crippen molar-refractivity contribution in [2.45, 2.75) is 32.0 Å². The van der Waals surface area contributed by atoms with Crippen molar-refractivity contribution in [2.24, 2.45) is 0 Å². The number of nitrogens with zero attached hydrogens (tertiary/aromatic N) is 2. The van der Waals surface area contributed by atoms with Crippen molar-refractivity contribution >= 4 is 11.9 Å². The molecule has 1 aliphatic heterocycles. The monoisotopic (exact) mass is 263 g/mol. The van der Waals surface area contributed by atoms with Crippen molar-refractivity contribution in [1.82, 2.24) is 15.2 Å². The second-order valence-electron chi connectivity index (χ2n) is 4.69. The van der Waals surface area contributed by atoms with E-state index in [-0.39, 0.29) is 18.4 Å². The van der Waals surface area contributed by atoms with Gasteiger partial charge in [-0.25, -0.2) is 0 Å². The number of amides is 1. The van der Waals surface area contributed by atoms with E-state index in [9.17, 15) is 9.59 Å². The first-order chi connectivity index (χ1) is 9.08. The van der Waals surface area contributed by atoms with Gasteiger partial charge in [0.1, 0.15) is 0 Å². The predicted octanol–water partition coefficient (Wildman–Crippen LogP) is 0.245. The van der Waals surface area contributed by atoms with Crippen molar-refractivity contribution in [1.29, 1.82) is 0 Å². The van der Waals surface area contributed by atoms with E-state index in [1.54, 1.807) is 11.1 Å². The zero-order valence-corrected chi connectivity index (χ0v) is 10.7. The third kappa shape index (κ3) is 3.29. The van der Waals surface area contributed by atoms with Gasteiger partial charge >= 0.3 is 5.97 Å². The van der Waals surface area contributed by atoms with Crippen LogP contribution in [-0.2, 0) is 16.1 Å². The van der Waals surface area contributed by atoms with E-state index in [4.69, 9.17) is 5.11 Å². The van der Waals surface area contributed by atoms with E-state index in [1.807, 2.05) is 25.1 Å². The molecular weight excluding hydrogens is 246 g/mol. The molecule has 2 N–H and O–H groups in total. The van der Waals surface area contributed by atoms with Crippen molar-refractivity contribution in [3.8, 4) is 0 Å². The topological polar surface area (TPSA) is 82.5 Å². The molecule has 19 heavy (non-hydrogen) atoms. The van der Waals surface area contributed by atoms with E-state index in [0.29, 0.717) is 13.1 Å². The summed E-state index contributed by atoms with van der Waals surface area (Å²) < 4.78 is 0. The van der Waals surface area contributed by atoms with Crippen LogP contribution in [0.25, 0.3) is 0 Å². The Morgan fingerprint density at radius 1 is 1.58 bits per heavy atom. The molecule has 0 aliphatic carbocycles. The second-order valence-corrected chi connectivity index (χ2v) is 4.69. The molecule has 6 nitrogen and oxygen atoms in total. The molecular formula is C13H17N3O3. The molecule has 102 valence electrons. The highest BCUT2D eigenvalue weighted by molar-refractivity contribution is 5.87. The van der Waals surface area contributed by atoms with Crippen molar-refractivity contribution < 1.29 is 14.7 Å². The van der Waals surface area contributed by atoms with E-state index in [1.165, 1.54) is 0 Å². The molecule has 6 heteroatoms. The zero-order valence-electron chi connectivity index (χ0n) is 10.7. The summed E-state index contributed by atoms with van der Waals surface area (Å²) in [6.45, 7) is 2.94. The van der Waals surface area contributed by atoms with Crippen LogP contribution in [0.4, 0.5) is 0 Å². The Kier molecular flexibility index (Phi) is 4.11. The minimum absolute atomic E-state index is 0.0274. The smallest absolute Gasteiger partial charge is 0.305 e. The van der Waals surface area contributed by atoms with Crippen LogP contribution in [0.15, 0.2) is 24.4 Å². The van der Waals surface area contributed by atoms with Gasteiger partial charge in [-0.15, -0.1) is 0 Å². The van der Waals surface area contributed by atoms with Gasteiger partial charge < -0.3 is 15.3 Å². The zero-order chi connectivity index (χ0) is 13.8. The van der Waals surface area contributed by atoms with Gasteiger partial charge in [-0.05, 0) is 19.1 Å². The normalized spacial score (nSPS) is 23.4. The summed E-state index contributed by atoms with van der Waals surface area (Å²) >= 11 is 0. The summed E-state index contributed by atoms with van der Waals surface area (Å²) in [6, 6.07) is 4.93. The number of hydrogen-bond donors (Lipinski definition) is 2. The Hall–Kier alpha value is -1.95. The third-order valence-electron chi connectivity index (χ3n) is 3.21. The number of aromatic nitrogens is 1. The van der Waals surface area contributed by atoms with Crippen molar-refractivity contribution in [2.75, 3.05) is 6.54 Å². The average Bonchev–Trinajstić information content (AvgIpc) is 2.39. The number of piperazine rings is 1. The Morgan fingerprint density at radius 3 is 3.00 bits per heavy atom. The fourth-order valence-corrected chi connectivity index (χ4v) is 2.16. The molecule has 0 saturated carbocycles. The molecule has 2 rings (SSSR count). The summed E-state index contributed by atoms with van der Waals surface area (Å²) in [5, 5.41) is 11.8. The van der Waals surface area contributed by atoms with Crippen LogP contribution in [0.1, 0.15) is 19.0 Å². The third-order valence-corrected chi connectivity index (χ3v) is 3.21. The molecule has 0 bridgehead atoms. The number of pyridine rings is 1. The maximum absolute atomic E-state index is 12.2. The molecule has 0 radical (unpaired) electrons. The summed E-state index contributed by atoms with van der Waals surface area (Å²) in [4.78, 5) is 28.9. The van der Waals surface area contributed by atoms with Gasteiger partial charge in [-0.3, -0.25) is 14.6 Å². The van der Waals surface area contributed by atoms with Gasteiger partial charge in [0.05, 0.1) is 24.7 Å². The summed E-state index contributed by atoms with van der Waals surface area (Å²) in [5.74, 6) is -1.15. The number of carbonyl (C=O) groups is 2. The molecule has 0 spiro atoms. The summed E-state index contributed by atoms with van der Waals surface area (Å²) in [5.41, 5.74) is 0.804. The number of rotatable bonds is 4. The highest BCUT2D eigenvalue weighted by Crippen LogP contribution is 2.14. The number of aliphatic carboxylic acids is 1. The van der Waals surface area contributed by atoms with Crippen molar-refractivity contribution in [3.63, 3.8) is 0 Å². The average molecular weight is 263 g/mol. The molecule has 1 fully saturated rings. The standard InChI is InChI=1S/C13H17N3O3/c1-9-7-15-11(6-12(17)18)13(19)16(9)8-10-4-2-3-5-14-10/h2-5,9,11,15H,6-8H2,1H3,(H,17,18). The molecule has 1 amide bonds. The maximum Gasteiger partial charge on any atom is 0.305 e. The lowest BCUT2D eigenvalue weighted by molar-refractivity contribution is -0.146.